The number of nitrogens with zero attached hydrogens (tertiary/aromatic N) is 2. The number of piperidine rings is 1. The van der Waals surface area contributed by atoms with Crippen molar-refractivity contribution < 1.29 is 9.59 Å². The van der Waals surface area contributed by atoms with Crippen LogP contribution in [0.5, 0.6) is 0 Å². The van der Waals surface area contributed by atoms with Crippen LogP contribution in [0.15, 0.2) is 0 Å². The first-order valence-electron chi connectivity index (χ1n) is 7.78. The highest BCUT2D eigenvalue weighted by molar-refractivity contribution is 5.81. The van der Waals surface area contributed by atoms with Gasteiger partial charge in [-0.25, -0.2) is 0 Å². The van der Waals surface area contributed by atoms with E-state index in [0.29, 0.717) is 19.6 Å². The van der Waals surface area contributed by atoms with Crippen LogP contribution in [0.3, 0.4) is 0 Å². The molecule has 122 valence electrons. The van der Waals surface area contributed by atoms with E-state index in [1.54, 1.807) is 4.90 Å². The topological polar surface area (TPSA) is 92.7 Å². The number of amides is 2. The fourth-order valence-electron chi connectivity index (χ4n) is 2.68. The van der Waals surface area contributed by atoms with E-state index in [1.165, 1.54) is 0 Å². The molecule has 1 unspecified atom stereocenters. The van der Waals surface area contributed by atoms with Gasteiger partial charge in [0, 0.05) is 19.6 Å². The molecule has 4 N–H and O–H groups in total. The second-order valence-corrected chi connectivity index (χ2v) is 6.75. The van der Waals surface area contributed by atoms with Crippen molar-refractivity contribution in [1.82, 2.24) is 9.80 Å². The first-order chi connectivity index (χ1) is 9.79. The van der Waals surface area contributed by atoms with E-state index in [-0.39, 0.29) is 23.1 Å². The second-order valence-electron chi connectivity index (χ2n) is 6.75. The van der Waals surface area contributed by atoms with E-state index in [4.69, 9.17) is 11.5 Å². The molecule has 2 amide bonds. The lowest BCUT2D eigenvalue weighted by molar-refractivity contribution is -0.136. The Hall–Kier alpha value is -1.14. The minimum absolute atomic E-state index is 0.00600. The molecule has 0 saturated carbocycles. The van der Waals surface area contributed by atoms with Crippen molar-refractivity contribution in [2.45, 2.75) is 33.6 Å². The molecule has 0 radical (unpaired) electrons. The zero-order valence-electron chi connectivity index (χ0n) is 13.6. The first-order valence-corrected chi connectivity index (χ1v) is 7.78. The highest BCUT2D eigenvalue weighted by atomic mass is 16.2. The summed E-state index contributed by atoms with van der Waals surface area (Å²) in [5.74, 6) is -0.419. The van der Waals surface area contributed by atoms with Gasteiger partial charge >= 0.3 is 0 Å². The number of hydrogen-bond acceptors (Lipinski definition) is 4. The molecule has 0 bridgehead atoms. The molecule has 1 fully saturated rings. The van der Waals surface area contributed by atoms with Crippen molar-refractivity contribution in [1.29, 1.82) is 0 Å². The van der Waals surface area contributed by atoms with E-state index in [0.717, 1.165) is 32.5 Å². The maximum Gasteiger partial charge on any atom is 0.236 e. The number of carbonyl (C=O) groups is 2. The molecule has 0 spiro atoms. The number of nitrogens with two attached hydrogens (primary N) is 2. The van der Waals surface area contributed by atoms with Gasteiger partial charge in [0.25, 0.3) is 0 Å². The number of primary amides is 1. The van der Waals surface area contributed by atoms with Crippen molar-refractivity contribution >= 4 is 11.8 Å². The van der Waals surface area contributed by atoms with Gasteiger partial charge in [-0.05, 0) is 31.3 Å². The van der Waals surface area contributed by atoms with Crippen LogP contribution in [0.1, 0.15) is 33.6 Å². The molecule has 1 saturated heterocycles. The van der Waals surface area contributed by atoms with Gasteiger partial charge in [0.2, 0.25) is 11.8 Å². The maximum atomic E-state index is 12.4. The van der Waals surface area contributed by atoms with E-state index in [1.807, 2.05) is 6.92 Å². The Morgan fingerprint density at radius 2 is 2.05 bits per heavy atom. The van der Waals surface area contributed by atoms with Crippen LogP contribution in [0.25, 0.3) is 0 Å². The molecule has 6 heteroatoms. The molecule has 1 aliphatic heterocycles. The average molecular weight is 298 g/mol. The van der Waals surface area contributed by atoms with E-state index in [9.17, 15) is 9.59 Å². The Kier molecular flexibility index (Phi) is 6.61. The quantitative estimate of drug-likeness (QED) is 0.693. The minimum atomic E-state index is -0.302. The largest absolute Gasteiger partial charge is 0.369 e. The monoisotopic (exact) mass is 298 g/mol. The predicted molar refractivity (Wildman–Crippen MR) is 83.4 cm³/mol. The fraction of sp³-hybridized carbons (Fsp3) is 0.867. The molecule has 0 aliphatic carbocycles. The standard InChI is InChI=1S/C15H30N4O2/c1-4-18(11-15(2,3)10-16)9-13(20)19-7-5-6-12(8-19)14(17)21/h12H,4-11,16H2,1-3H3,(H2,17,21). The summed E-state index contributed by atoms with van der Waals surface area (Å²) in [6.07, 6.45) is 1.64. The molecule has 1 heterocycles. The third kappa shape index (κ3) is 5.63. The zero-order valence-corrected chi connectivity index (χ0v) is 13.6. The molecule has 0 aromatic rings. The Labute approximate surface area is 127 Å². The Bertz CT molecular complexity index is 371. The molecule has 1 atom stereocenters. The Morgan fingerprint density at radius 3 is 2.57 bits per heavy atom. The van der Waals surface area contributed by atoms with Gasteiger partial charge in [-0.1, -0.05) is 20.8 Å². The van der Waals surface area contributed by atoms with Gasteiger partial charge in [-0.15, -0.1) is 0 Å². The van der Waals surface area contributed by atoms with Crippen LogP contribution in [0, 0.1) is 11.3 Å². The predicted octanol–water partition coefficient (Wildman–Crippen LogP) is 0.0171. The van der Waals surface area contributed by atoms with E-state index < -0.39 is 0 Å². The highest BCUT2D eigenvalue weighted by Gasteiger charge is 2.28. The normalized spacial score (nSPS) is 19.9. The SMILES string of the molecule is CCN(CC(=O)N1CCCC(C(N)=O)C1)CC(C)(C)CN. The first kappa shape index (κ1) is 17.9. The highest BCUT2D eigenvalue weighted by Crippen LogP contribution is 2.18. The van der Waals surface area contributed by atoms with Gasteiger partial charge in [-0.2, -0.15) is 0 Å². The molecule has 1 aliphatic rings. The van der Waals surface area contributed by atoms with Crippen LogP contribution in [0.4, 0.5) is 0 Å². The van der Waals surface area contributed by atoms with Gasteiger partial charge in [0.1, 0.15) is 0 Å². The van der Waals surface area contributed by atoms with Crippen LogP contribution in [0.2, 0.25) is 0 Å². The number of likely N-dealkylation sites (N-methyl/N-ethyl adjacent to an activating group) is 1. The lowest BCUT2D eigenvalue weighted by Crippen LogP contribution is -2.49. The van der Waals surface area contributed by atoms with Crippen molar-refractivity contribution in [2.24, 2.45) is 22.8 Å². The summed E-state index contributed by atoms with van der Waals surface area (Å²) >= 11 is 0. The van der Waals surface area contributed by atoms with Crippen molar-refractivity contribution in [2.75, 3.05) is 39.3 Å². The fourth-order valence-corrected chi connectivity index (χ4v) is 2.68. The molecule has 0 aromatic carbocycles. The van der Waals surface area contributed by atoms with E-state index >= 15 is 0 Å². The average Bonchev–Trinajstić information content (AvgIpc) is 2.46. The summed E-state index contributed by atoms with van der Waals surface area (Å²) in [5, 5.41) is 0. The summed E-state index contributed by atoms with van der Waals surface area (Å²) in [7, 11) is 0. The van der Waals surface area contributed by atoms with Crippen LogP contribution < -0.4 is 11.5 Å². The Balaban J connectivity index is 2.55. The molecule has 0 aromatic heterocycles. The van der Waals surface area contributed by atoms with Gasteiger partial charge in [0.05, 0.1) is 12.5 Å². The van der Waals surface area contributed by atoms with Crippen molar-refractivity contribution in [3.8, 4) is 0 Å². The molecule has 6 nitrogen and oxygen atoms in total. The van der Waals surface area contributed by atoms with Crippen LogP contribution >= 0.6 is 0 Å². The number of rotatable bonds is 7. The van der Waals surface area contributed by atoms with Gasteiger partial charge in [0.15, 0.2) is 0 Å². The number of hydrogen-bond donors (Lipinski definition) is 2. The molecular weight excluding hydrogens is 268 g/mol. The summed E-state index contributed by atoms with van der Waals surface area (Å²) < 4.78 is 0. The summed E-state index contributed by atoms with van der Waals surface area (Å²) in [6.45, 7) is 10.0. The molecule has 1 rings (SSSR count). The lowest BCUT2D eigenvalue weighted by atomic mass is 9.93. The maximum absolute atomic E-state index is 12.4. The summed E-state index contributed by atoms with van der Waals surface area (Å²) in [4.78, 5) is 27.6. The molecular formula is C15H30N4O2. The summed E-state index contributed by atoms with van der Waals surface area (Å²) in [6, 6.07) is 0. The van der Waals surface area contributed by atoms with Crippen molar-refractivity contribution in [3.05, 3.63) is 0 Å². The zero-order chi connectivity index (χ0) is 16.0. The Morgan fingerprint density at radius 1 is 1.38 bits per heavy atom. The van der Waals surface area contributed by atoms with Crippen LogP contribution in [-0.2, 0) is 9.59 Å². The minimum Gasteiger partial charge on any atom is -0.369 e. The van der Waals surface area contributed by atoms with Gasteiger partial charge < -0.3 is 16.4 Å². The number of likely N-dealkylation sites (tertiary alicyclic amines) is 1. The second kappa shape index (κ2) is 7.75. The van der Waals surface area contributed by atoms with E-state index in [2.05, 4.69) is 18.7 Å². The van der Waals surface area contributed by atoms with Gasteiger partial charge in [-0.3, -0.25) is 14.5 Å². The van der Waals surface area contributed by atoms with Crippen molar-refractivity contribution in [3.63, 3.8) is 0 Å². The summed E-state index contributed by atoms with van der Waals surface area (Å²) in [5.41, 5.74) is 11.1. The molecule has 21 heavy (non-hydrogen) atoms. The third-order valence-electron chi connectivity index (χ3n) is 4.19. The van der Waals surface area contributed by atoms with Crippen LogP contribution in [-0.4, -0.2) is 60.9 Å². The number of carbonyl (C=O) groups excluding carboxylic acids is 2. The smallest absolute Gasteiger partial charge is 0.236 e. The third-order valence-corrected chi connectivity index (χ3v) is 4.19. The lowest BCUT2D eigenvalue weighted by Gasteiger charge is -2.35.